The zero-order chi connectivity index (χ0) is 14.7. The van der Waals surface area contributed by atoms with Gasteiger partial charge in [0.1, 0.15) is 5.69 Å². The molecule has 7 heteroatoms. The fraction of sp³-hybridized carbons (Fsp3) is 0.462. The van der Waals surface area contributed by atoms with E-state index in [1.165, 1.54) is 12.1 Å². The second-order valence-electron chi connectivity index (χ2n) is 4.94. The molecule has 0 bridgehead atoms. The van der Waals surface area contributed by atoms with E-state index in [2.05, 4.69) is 5.43 Å². The molecule has 0 saturated carbocycles. The van der Waals surface area contributed by atoms with Gasteiger partial charge in [-0.1, -0.05) is 6.07 Å². The number of nitro benzene ring substituents is 1. The van der Waals surface area contributed by atoms with E-state index in [9.17, 15) is 14.9 Å². The van der Waals surface area contributed by atoms with Gasteiger partial charge in [0.25, 0.3) is 11.6 Å². The van der Waals surface area contributed by atoms with Crippen molar-refractivity contribution in [3.8, 4) is 0 Å². The first-order chi connectivity index (χ1) is 9.56. The molecule has 1 unspecified atom stereocenters. The maximum atomic E-state index is 12.6. The van der Waals surface area contributed by atoms with Crippen LogP contribution in [-0.2, 0) is 0 Å². The molecule has 1 atom stereocenters. The van der Waals surface area contributed by atoms with Gasteiger partial charge < -0.3 is 10.3 Å². The smallest absolute Gasteiger partial charge is 0.294 e. The van der Waals surface area contributed by atoms with Gasteiger partial charge in [-0.05, 0) is 32.3 Å². The van der Waals surface area contributed by atoms with Crippen LogP contribution in [0.15, 0.2) is 18.2 Å². The SMILES string of the molecule is CC1CCCCN1C(=O)c1cccc([N+](=O)[O-])c1NN. The van der Waals surface area contributed by atoms with Crippen LogP contribution in [0.1, 0.15) is 36.5 Å². The topological polar surface area (TPSA) is 102 Å². The van der Waals surface area contributed by atoms with Crippen LogP contribution < -0.4 is 11.3 Å². The number of amides is 1. The summed E-state index contributed by atoms with van der Waals surface area (Å²) >= 11 is 0. The highest BCUT2D eigenvalue weighted by atomic mass is 16.6. The standard InChI is InChI=1S/C13H18N4O3/c1-9-5-2-3-8-16(9)13(18)10-6-4-7-11(17(19)20)12(10)15-14/h4,6-7,9,15H,2-3,5,8,14H2,1H3. The lowest BCUT2D eigenvalue weighted by Crippen LogP contribution is -2.42. The van der Waals surface area contributed by atoms with Crippen molar-refractivity contribution in [2.75, 3.05) is 12.0 Å². The van der Waals surface area contributed by atoms with Gasteiger partial charge in [0.15, 0.2) is 0 Å². The van der Waals surface area contributed by atoms with Gasteiger partial charge in [-0.2, -0.15) is 0 Å². The van der Waals surface area contributed by atoms with E-state index in [1.807, 2.05) is 6.92 Å². The number of carbonyl (C=O) groups excluding carboxylic acids is 1. The number of nitro groups is 1. The number of piperidine rings is 1. The number of nitrogens with one attached hydrogen (secondary N) is 1. The maximum Gasteiger partial charge on any atom is 0.294 e. The van der Waals surface area contributed by atoms with Crippen molar-refractivity contribution in [1.82, 2.24) is 4.90 Å². The summed E-state index contributed by atoms with van der Waals surface area (Å²) in [6, 6.07) is 4.53. The molecule has 1 fully saturated rings. The van der Waals surface area contributed by atoms with E-state index < -0.39 is 4.92 Å². The Bertz CT molecular complexity index is 532. The van der Waals surface area contributed by atoms with E-state index in [0.717, 1.165) is 19.3 Å². The number of hydrogen-bond acceptors (Lipinski definition) is 5. The fourth-order valence-corrected chi connectivity index (χ4v) is 2.58. The molecule has 1 aromatic rings. The van der Waals surface area contributed by atoms with E-state index in [4.69, 9.17) is 5.84 Å². The Hall–Kier alpha value is -2.15. The molecule has 1 amide bonds. The first-order valence-electron chi connectivity index (χ1n) is 6.61. The van der Waals surface area contributed by atoms with E-state index in [-0.39, 0.29) is 28.9 Å². The predicted molar refractivity (Wildman–Crippen MR) is 75.3 cm³/mol. The summed E-state index contributed by atoms with van der Waals surface area (Å²) < 4.78 is 0. The van der Waals surface area contributed by atoms with E-state index >= 15 is 0 Å². The molecule has 108 valence electrons. The summed E-state index contributed by atoms with van der Waals surface area (Å²) in [5.74, 6) is 5.15. The van der Waals surface area contributed by atoms with Crippen LogP contribution in [0.5, 0.6) is 0 Å². The van der Waals surface area contributed by atoms with Gasteiger partial charge in [0.2, 0.25) is 0 Å². The van der Waals surface area contributed by atoms with Crippen LogP contribution >= 0.6 is 0 Å². The Labute approximate surface area is 116 Å². The number of rotatable bonds is 3. The van der Waals surface area contributed by atoms with Crippen LogP contribution in [0.3, 0.4) is 0 Å². The minimum absolute atomic E-state index is 0.0697. The number of carbonyl (C=O) groups is 1. The van der Waals surface area contributed by atoms with E-state index in [1.54, 1.807) is 11.0 Å². The van der Waals surface area contributed by atoms with Crippen molar-refractivity contribution < 1.29 is 9.72 Å². The number of nitrogens with two attached hydrogens (primary N) is 1. The maximum absolute atomic E-state index is 12.6. The molecular weight excluding hydrogens is 260 g/mol. The molecule has 0 aliphatic carbocycles. The molecule has 1 saturated heterocycles. The monoisotopic (exact) mass is 278 g/mol. The molecular formula is C13H18N4O3. The summed E-state index contributed by atoms with van der Waals surface area (Å²) in [7, 11) is 0. The first kappa shape index (κ1) is 14.3. The minimum Gasteiger partial charge on any atom is -0.336 e. The van der Waals surface area contributed by atoms with Gasteiger partial charge in [-0.15, -0.1) is 0 Å². The Balaban J connectivity index is 2.39. The van der Waals surface area contributed by atoms with Gasteiger partial charge in [0, 0.05) is 18.7 Å². The largest absolute Gasteiger partial charge is 0.336 e. The van der Waals surface area contributed by atoms with Crippen LogP contribution in [0.2, 0.25) is 0 Å². The molecule has 0 aromatic heterocycles. The van der Waals surface area contributed by atoms with Gasteiger partial charge in [-0.25, -0.2) is 0 Å². The number of nitrogen functional groups attached to an aromatic ring is 1. The summed E-state index contributed by atoms with van der Waals surface area (Å²) in [4.78, 5) is 24.8. The normalized spacial score (nSPS) is 18.7. The zero-order valence-corrected chi connectivity index (χ0v) is 11.3. The number of hydrogen-bond donors (Lipinski definition) is 2. The Morgan fingerprint density at radius 3 is 2.85 bits per heavy atom. The van der Waals surface area contributed by atoms with Crippen LogP contribution in [0, 0.1) is 10.1 Å². The third-order valence-electron chi connectivity index (χ3n) is 3.68. The Morgan fingerprint density at radius 2 is 2.25 bits per heavy atom. The van der Waals surface area contributed by atoms with Crippen molar-refractivity contribution in [3.63, 3.8) is 0 Å². The predicted octanol–water partition coefficient (Wildman–Crippen LogP) is 1.89. The molecule has 2 rings (SSSR count). The summed E-state index contributed by atoms with van der Waals surface area (Å²) in [6.07, 6.45) is 3.00. The average molecular weight is 278 g/mol. The summed E-state index contributed by atoms with van der Waals surface area (Å²) in [6.45, 7) is 2.66. The van der Waals surface area contributed by atoms with Crippen LogP contribution in [0.25, 0.3) is 0 Å². The lowest BCUT2D eigenvalue weighted by Gasteiger charge is -2.33. The molecule has 1 aliphatic heterocycles. The number of hydrazine groups is 1. The molecule has 7 nitrogen and oxygen atoms in total. The first-order valence-corrected chi connectivity index (χ1v) is 6.61. The highest BCUT2D eigenvalue weighted by Gasteiger charge is 2.28. The fourth-order valence-electron chi connectivity index (χ4n) is 2.58. The lowest BCUT2D eigenvalue weighted by atomic mass is 10.0. The van der Waals surface area contributed by atoms with Gasteiger partial charge >= 0.3 is 0 Å². The third kappa shape index (κ3) is 2.57. The van der Waals surface area contributed by atoms with Crippen molar-refractivity contribution in [2.24, 2.45) is 5.84 Å². The van der Waals surface area contributed by atoms with Crippen molar-refractivity contribution in [3.05, 3.63) is 33.9 Å². The van der Waals surface area contributed by atoms with Gasteiger partial charge in [-0.3, -0.25) is 20.8 Å². The van der Waals surface area contributed by atoms with E-state index in [0.29, 0.717) is 6.54 Å². The number of benzene rings is 1. The van der Waals surface area contributed by atoms with Crippen molar-refractivity contribution >= 4 is 17.3 Å². The quantitative estimate of drug-likeness (QED) is 0.499. The minimum atomic E-state index is -0.550. The molecule has 0 spiro atoms. The van der Waals surface area contributed by atoms with Crippen molar-refractivity contribution in [1.29, 1.82) is 0 Å². The average Bonchev–Trinajstić information content (AvgIpc) is 2.46. The number of anilines is 1. The van der Waals surface area contributed by atoms with Crippen LogP contribution in [-0.4, -0.2) is 28.3 Å². The molecule has 0 radical (unpaired) electrons. The molecule has 20 heavy (non-hydrogen) atoms. The molecule has 1 aliphatic rings. The van der Waals surface area contributed by atoms with Crippen molar-refractivity contribution in [2.45, 2.75) is 32.2 Å². The Kier molecular flexibility index (Phi) is 4.19. The number of likely N-dealkylation sites (tertiary alicyclic amines) is 1. The molecule has 1 aromatic carbocycles. The van der Waals surface area contributed by atoms with Crippen LogP contribution in [0.4, 0.5) is 11.4 Å². The summed E-state index contributed by atoms with van der Waals surface area (Å²) in [5.41, 5.74) is 2.42. The number of para-hydroxylation sites is 1. The summed E-state index contributed by atoms with van der Waals surface area (Å²) in [5, 5.41) is 11.0. The lowest BCUT2D eigenvalue weighted by molar-refractivity contribution is -0.384. The molecule has 1 heterocycles. The third-order valence-corrected chi connectivity index (χ3v) is 3.68. The molecule has 3 N–H and O–H groups in total. The highest BCUT2D eigenvalue weighted by Crippen LogP contribution is 2.29. The highest BCUT2D eigenvalue weighted by molar-refractivity contribution is 6.01. The number of nitrogens with zero attached hydrogens (tertiary/aromatic N) is 2. The second-order valence-corrected chi connectivity index (χ2v) is 4.94. The second kappa shape index (κ2) is 5.87. The van der Waals surface area contributed by atoms with Gasteiger partial charge in [0.05, 0.1) is 10.5 Å². The zero-order valence-electron chi connectivity index (χ0n) is 11.3. The Morgan fingerprint density at radius 1 is 1.50 bits per heavy atom.